The molecule has 2 amide bonds. The van der Waals surface area contributed by atoms with Crippen LogP contribution < -0.4 is 10.2 Å². The standard InChI is InChI=1S/C14H18N2O3/c1-3-10-6-4-5-9(2)13(10)16-8-11(7-12(17)18)15-14(16)19/h4-6,11H,3,7-8H2,1-2H3,(H,15,19)(H,17,18). The Bertz CT molecular complexity index is 513. The summed E-state index contributed by atoms with van der Waals surface area (Å²) in [6.07, 6.45) is 0.792. The Morgan fingerprint density at radius 2 is 2.26 bits per heavy atom. The van der Waals surface area contributed by atoms with Crippen molar-refractivity contribution in [3.8, 4) is 0 Å². The second-order valence-corrected chi connectivity index (χ2v) is 4.79. The molecule has 1 atom stereocenters. The summed E-state index contributed by atoms with van der Waals surface area (Å²) in [5.41, 5.74) is 3.05. The van der Waals surface area contributed by atoms with Crippen LogP contribution in [0, 0.1) is 6.92 Å². The van der Waals surface area contributed by atoms with Crippen molar-refractivity contribution in [1.82, 2.24) is 5.32 Å². The Hall–Kier alpha value is -2.04. The van der Waals surface area contributed by atoms with Crippen LogP contribution in [0.15, 0.2) is 18.2 Å². The summed E-state index contributed by atoms with van der Waals surface area (Å²) >= 11 is 0. The van der Waals surface area contributed by atoms with Gasteiger partial charge >= 0.3 is 12.0 Å². The fraction of sp³-hybridized carbons (Fsp3) is 0.429. The molecule has 19 heavy (non-hydrogen) atoms. The van der Waals surface area contributed by atoms with Gasteiger partial charge in [0.1, 0.15) is 0 Å². The van der Waals surface area contributed by atoms with Gasteiger partial charge in [0.15, 0.2) is 0 Å². The Labute approximate surface area is 112 Å². The third kappa shape index (κ3) is 2.70. The molecule has 1 aliphatic rings. The first-order valence-corrected chi connectivity index (χ1v) is 6.41. The van der Waals surface area contributed by atoms with Crippen LogP contribution in [0.3, 0.4) is 0 Å². The van der Waals surface area contributed by atoms with E-state index in [0.717, 1.165) is 23.2 Å². The maximum atomic E-state index is 12.0. The summed E-state index contributed by atoms with van der Waals surface area (Å²) in [6.45, 7) is 4.41. The molecular formula is C14H18N2O3. The van der Waals surface area contributed by atoms with Gasteiger partial charge < -0.3 is 10.4 Å². The lowest BCUT2D eigenvalue weighted by Gasteiger charge is -2.20. The topological polar surface area (TPSA) is 69.6 Å². The van der Waals surface area contributed by atoms with E-state index in [4.69, 9.17) is 5.11 Å². The van der Waals surface area contributed by atoms with Crippen LogP contribution in [0.1, 0.15) is 24.5 Å². The summed E-state index contributed by atoms with van der Waals surface area (Å²) in [7, 11) is 0. The van der Waals surface area contributed by atoms with Crippen LogP contribution in [0.4, 0.5) is 10.5 Å². The third-order valence-electron chi connectivity index (χ3n) is 3.37. The first kappa shape index (κ1) is 13.4. The van der Waals surface area contributed by atoms with E-state index in [2.05, 4.69) is 5.32 Å². The van der Waals surface area contributed by atoms with Crippen LogP contribution >= 0.6 is 0 Å². The Morgan fingerprint density at radius 1 is 1.53 bits per heavy atom. The van der Waals surface area contributed by atoms with Crippen molar-refractivity contribution in [1.29, 1.82) is 0 Å². The van der Waals surface area contributed by atoms with E-state index >= 15 is 0 Å². The number of nitrogens with one attached hydrogen (secondary N) is 1. The number of nitrogens with zero attached hydrogens (tertiary/aromatic N) is 1. The van der Waals surface area contributed by atoms with Crippen molar-refractivity contribution < 1.29 is 14.7 Å². The van der Waals surface area contributed by atoms with Crippen molar-refractivity contribution in [2.24, 2.45) is 0 Å². The van der Waals surface area contributed by atoms with Gasteiger partial charge in [-0.2, -0.15) is 0 Å². The van der Waals surface area contributed by atoms with Crippen LogP contribution in [0.5, 0.6) is 0 Å². The summed E-state index contributed by atoms with van der Waals surface area (Å²) in [4.78, 5) is 24.4. The van der Waals surface area contributed by atoms with E-state index in [-0.39, 0.29) is 18.5 Å². The largest absolute Gasteiger partial charge is 0.481 e. The molecule has 1 aliphatic heterocycles. The molecule has 1 saturated heterocycles. The average Bonchev–Trinajstić information content (AvgIpc) is 2.68. The predicted molar refractivity (Wildman–Crippen MR) is 72.5 cm³/mol. The zero-order chi connectivity index (χ0) is 14.0. The maximum Gasteiger partial charge on any atom is 0.322 e. The monoisotopic (exact) mass is 262 g/mol. The number of amides is 2. The number of anilines is 1. The first-order valence-electron chi connectivity index (χ1n) is 6.41. The fourth-order valence-corrected chi connectivity index (χ4v) is 2.51. The Kier molecular flexibility index (Phi) is 3.74. The summed E-state index contributed by atoms with van der Waals surface area (Å²) < 4.78 is 0. The first-order chi connectivity index (χ1) is 9.02. The number of hydrogen-bond donors (Lipinski definition) is 2. The molecule has 2 N–H and O–H groups in total. The van der Waals surface area contributed by atoms with Gasteiger partial charge in [-0.05, 0) is 24.5 Å². The Morgan fingerprint density at radius 3 is 2.89 bits per heavy atom. The molecule has 0 aliphatic carbocycles. The molecule has 0 aromatic heterocycles. The lowest BCUT2D eigenvalue weighted by Crippen LogP contribution is -2.30. The predicted octanol–water partition coefficient (Wildman–Crippen LogP) is 1.93. The molecule has 1 fully saturated rings. The summed E-state index contributed by atoms with van der Waals surface area (Å²) in [5.74, 6) is -0.896. The SMILES string of the molecule is CCc1cccc(C)c1N1CC(CC(=O)O)NC1=O. The number of hydrogen-bond acceptors (Lipinski definition) is 2. The van der Waals surface area contributed by atoms with Crippen molar-refractivity contribution in [3.63, 3.8) is 0 Å². The second-order valence-electron chi connectivity index (χ2n) is 4.79. The molecule has 1 heterocycles. The van der Waals surface area contributed by atoms with Gasteiger partial charge in [0.25, 0.3) is 0 Å². The molecule has 0 spiro atoms. The Balaban J connectivity index is 2.28. The second kappa shape index (κ2) is 5.30. The van der Waals surface area contributed by atoms with Gasteiger partial charge in [0, 0.05) is 6.54 Å². The van der Waals surface area contributed by atoms with E-state index in [1.54, 1.807) is 4.90 Å². The van der Waals surface area contributed by atoms with E-state index in [1.165, 1.54) is 0 Å². The minimum Gasteiger partial charge on any atom is -0.481 e. The highest BCUT2D eigenvalue weighted by Crippen LogP contribution is 2.28. The zero-order valence-electron chi connectivity index (χ0n) is 11.1. The van der Waals surface area contributed by atoms with E-state index in [1.807, 2.05) is 32.0 Å². The van der Waals surface area contributed by atoms with Crippen LogP contribution in [0.25, 0.3) is 0 Å². The van der Waals surface area contributed by atoms with Gasteiger partial charge in [-0.25, -0.2) is 4.79 Å². The highest BCUT2D eigenvalue weighted by molar-refractivity contribution is 5.96. The van der Waals surface area contributed by atoms with Crippen molar-refractivity contribution in [2.75, 3.05) is 11.4 Å². The zero-order valence-corrected chi connectivity index (χ0v) is 11.1. The molecule has 2 rings (SSSR count). The molecule has 0 bridgehead atoms. The quantitative estimate of drug-likeness (QED) is 0.871. The molecule has 0 saturated carbocycles. The lowest BCUT2D eigenvalue weighted by molar-refractivity contribution is -0.137. The minimum absolute atomic E-state index is 0.0461. The number of para-hydroxylation sites is 1. The van der Waals surface area contributed by atoms with Gasteiger partial charge in [0.2, 0.25) is 0 Å². The van der Waals surface area contributed by atoms with Gasteiger partial charge in [-0.15, -0.1) is 0 Å². The molecule has 1 aromatic carbocycles. The third-order valence-corrected chi connectivity index (χ3v) is 3.37. The number of urea groups is 1. The highest BCUT2D eigenvalue weighted by Gasteiger charge is 2.32. The fourth-order valence-electron chi connectivity index (χ4n) is 2.51. The smallest absolute Gasteiger partial charge is 0.322 e. The number of benzene rings is 1. The average molecular weight is 262 g/mol. The van der Waals surface area contributed by atoms with Crippen LogP contribution in [0.2, 0.25) is 0 Å². The summed E-state index contributed by atoms with van der Waals surface area (Å²) in [5, 5.41) is 11.5. The van der Waals surface area contributed by atoms with E-state index in [9.17, 15) is 9.59 Å². The molecule has 5 nitrogen and oxygen atoms in total. The van der Waals surface area contributed by atoms with Crippen molar-refractivity contribution in [3.05, 3.63) is 29.3 Å². The molecule has 1 aromatic rings. The molecule has 0 radical (unpaired) electrons. The van der Waals surface area contributed by atoms with Gasteiger partial charge in [0.05, 0.1) is 18.2 Å². The minimum atomic E-state index is -0.896. The number of carboxylic acid groups (broad SMARTS) is 1. The lowest BCUT2D eigenvalue weighted by atomic mass is 10.0. The normalized spacial score (nSPS) is 18.5. The number of carbonyl (C=O) groups excluding carboxylic acids is 1. The number of rotatable bonds is 4. The van der Waals surface area contributed by atoms with Gasteiger partial charge in [-0.3, -0.25) is 9.69 Å². The number of aryl methyl sites for hydroxylation is 2. The molecule has 102 valence electrons. The van der Waals surface area contributed by atoms with E-state index in [0.29, 0.717) is 6.54 Å². The number of carbonyl (C=O) groups is 2. The van der Waals surface area contributed by atoms with Gasteiger partial charge in [-0.1, -0.05) is 25.1 Å². The molecule has 1 unspecified atom stereocenters. The van der Waals surface area contributed by atoms with Crippen molar-refractivity contribution in [2.45, 2.75) is 32.7 Å². The molecular weight excluding hydrogens is 244 g/mol. The van der Waals surface area contributed by atoms with Crippen LogP contribution in [-0.2, 0) is 11.2 Å². The number of aliphatic carboxylic acids is 1. The highest BCUT2D eigenvalue weighted by atomic mass is 16.4. The number of carboxylic acids is 1. The van der Waals surface area contributed by atoms with Crippen molar-refractivity contribution >= 4 is 17.7 Å². The van der Waals surface area contributed by atoms with E-state index < -0.39 is 5.97 Å². The van der Waals surface area contributed by atoms with Crippen LogP contribution in [-0.4, -0.2) is 29.7 Å². The molecule has 5 heteroatoms. The maximum absolute atomic E-state index is 12.0. The summed E-state index contributed by atoms with van der Waals surface area (Å²) in [6, 6.07) is 5.40.